The number of halogens is 2. The molecule has 138 valence electrons. The summed E-state index contributed by atoms with van der Waals surface area (Å²) in [6.45, 7) is 4.84. The molecule has 0 aliphatic heterocycles. The lowest BCUT2D eigenvalue weighted by Crippen LogP contribution is -2.41. The molecule has 0 aliphatic rings. The van der Waals surface area contributed by atoms with Gasteiger partial charge in [-0.2, -0.15) is 5.10 Å². The molecule has 2 rings (SSSR count). The van der Waals surface area contributed by atoms with Crippen LogP contribution in [0.5, 0.6) is 0 Å². The van der Waals surface area contributed by atoms with Crippen molar-refractivity contribution in [3.8, 4) is 0 Å². The largest absolute Gasteiger partial charge is 0.354 e. The Balaban J connectivity index is 0.00000312. The van der Waals surface area contributed by atoms with Crippen LogP contribution in [-0.2, 0) is 18.3 Å². The predicted octanol–water partition coefficient (Wildman–Crippen LogP) is 3.14. The zero-order valence-electron chi connectivity index (χ0n) is 15.0. The molecule has 5 nitrogen and oxygen atoms in total. The summed E-state index contributed by atoms with van der Waals surface area (Å²) < 4.78 is 1.69. The smallest absolute Gasteiger partial charge is 0.241 e. The molecule has 1 heterocycles. The van der Waals surface area contributed by atoms with Crippen molar-refractivity contribution in [1.29, 1.82) is 0 Å². The summed E-state index contributed by atoms with van der Waals surface area (Å²) in [7, 11) is 3.61. The molecule has 2 N–H and O–H groups in total. The van der Waals surface area contributed by atoms with Gasteiger partial charge >= 0.3 is 0 Å². The minimum Gasteiger partial charge on any atom is -0.354 e. The summed E-state index contributed by atoms with van der Waals surface area (Å²) in [6.07, 6.45) is 4.39. The molecule has 0 spiro atoms. The van der Waals surface area contributed by atoms with Gasteiger partial charge in [-0.25, -0.2) is 0 Å². The van der Waals surface area contributed by atoms with Gasteiger partial charge in [-0.1, -0.05) is 37.6 Å². The Morgan fingerprint density at radius 2 is 2.12 bits per heavy atom. The summed E-state index contributed by atoms with van der Waals surface area (Å²) in [6, 6.07) is 7.44. The Bertz CT molecular complexity index is 700. The quantitative estimate of drug-likeness (QED) is 0.770. The number of nitrogens with one attached hydrogen (secondary N) is 2. The van der Waals surface area contributed by atoms with Gasteiger partial charge in [0.1, 0.15) is 6.04 Å². The van der Waals surface area contributed by atoms with Gasteiger partial charge in [-0.05, 0) is 36.6 Å². The van der Waals surface area contributed by atoms with Gasteiger partial charge < -0.3 is 10.6 Å². The lowest BCUT2D eigenvalue weighted by molar-refractivity contribution is -0.123. The second kappa shape index (κ2) is 9.22. The molecule has 1 amide bonds. The third-order valence-electron chi connectivity index (χ3n) is 3.92. The average molecular weight is 385 g/mol. The van der Waals surface area contributed by atoms with E-state index in [0.717, 1.165) is 17.0 Å². The van der Waals surface area contributed by atoms with E-state index in [1.54, 1.807) is 17.9 Å². The summed E-state index contributed by atoms with van der Waals surface area (Å²) in [4.78, 5) is 12.5. The number of benzene rings is 1. The first kappa shape index (κ1) is 21.5. The molecule has 1 aromatic heterocycles. The average Bonchev–Trinajstić information content (AvgIpc) is 2.92. The Hall–Kier alpha value is -1.56. The number of nitrogens with zero attached hydrogens (tertiary/aromatic N) is 2. The number of amides is 1. The van der Waals surface area contributed by atoms with Crippen molar-refractivity contribution < 1.29 is 4.79 Å². The number of aryl methyl sites for hydroxylation is 1. The van der Waals surface area contributed by atoms with Gasteiger partial charge in [0.05, 0.1) is 6.20 Å². The van der Waals surface area contributed by atoms with E-state index in [9.17, 15) is 4.79 Å². The Morgan fingerprint density at radius 1 is 1.40 bits per heavy atom. The van der Waals surface area contributed by atoms with Crippen molar-refractivity contribution in [3.63, 3.8) is 0 Å². The summed E-state index contributed by atoms with van der Waals surface area (Å²) in [5.74, 6) is -0.0512. The monoisotopic (exact) mass is 384 g/mol. The van der Waals surface area contributed by atoms with Gasteiger partial charge in [0.25, 0.3) is 0 Å². The van der Waals surface area contributed by atoms with Gasteiger partial charge in [0.2, 0.25) is 5.91 Å². The highest BCUT2D eigenvalue weighted by Crippen LogP contribution is 2.23. The number of likely N-dealkylation sites (N-methyl/N-ethyl adjacent to an activating group) is 1. The third kappa shape index (κ3) is 6.34. The van der Waals surface area contributed by atoms with Crippen molar-refractivity contribution in [2.45, 2.75) is 26.3 Å². The Kier molecular flexibility index (Phi) is 7.93. The van der Waals surface area contributed by atoms with Crippen LogP contribution in [0.4, 0.5) is 0 Å². The van der Waals surface area contributed by atoms with Crippen LogP contribution < -0.4 is 10.6 Å². The molecule has 25 heavy (non-hydrogen) atoms. The first-order valence-corrected chi connectivity index (χ1v) is 8.36. The summed E-state index contributed by atoms with van der Waals surface area (Å²) in [5.41, 5.74) is 1.94. The maximum Gasteiger partial charge on any atom is 0.241 e. The van der Waals surface area contributed by atoms with E-state index in [1.165, 1.54) is 5.56 Å². The predicted molar refractivity (Wildman–Crippen MR) is 104 cm³/mol. The number of carbonyl (C=O) groups excluding carboxylic acids is 1. The van der Waals surface area contributed by atoms with E-state index in [0.29, 0.717) is 6.54 Å². The van der Waals surface area contributed by atoms with E-state index in [2.05, 4.69) is 35.6 Å². The first-order chi connectivity index (χ1) is 11.3. The van der Waals surface area contributed by atoms with Crippen LogP contribution in [0.3, 0.4) is 0 Å². The fourth-order valence-corrected chi connectivity index (χ4v) is 2.94. The van der Waals surface area contributed by atoms with E-state index >= 15 is 0 Å². The van der Waals surface area contributed by atoms with Crippen LogP contribution in [0.25, 0.3) is 0 Å². The van der Waals surface area contributed by atoms with E-state index in [4.69, 9.17) is 11.6 Å². The molecule has 0 saturated heterocycles. The minimum atomic E-state index is -0.402. The van der Waals surface area contributed by atoms with Gasteiger partial charge in [0, 0.05) is 30.4 Å². The topological polar surface area (TPSA) is 59.0 Å². The molecular weight excluding hydrogens is 359 g/mol. The number of rotatable bonds is 7. The molecule has 7 heteroatoms. The molecule has 2 aromatic rings. The van der Waals surface area contributed by atoms with Crippen LogP contribution in [-0.4, -0.2) is 29.3 Å². The van der Waals surface area contributed by atoms with Gasteiger partial charge in [-0.3, -0.25) is 9.48 Å². The van der Waals surface area contributed by atoms with Crippen LogP contribution in [0.1, 0.15) is 31.0 Å². The highest BCUT2D eigenvalue weighted by molar-refractivity contribution is 6.30. The molecule has 1 atom stereocenters. The van der Waals surface area contributed by atoms with Crippen molar-refractivity contribution in [2.75, 3.05) is 13.6 Å². The number of hydrogen-bond donors (Lipinski definition) is 2. The maximum atomic E-state index is 12.5. The molecule has 0 aliphatic carbocycles. The SMILES string of the molecule is CNC(C(=O)NCC(C)(C)Cc1cccc(Cl)c1)c1cnn(C)c1.Cl. The minimum absolute atomic E-state index is 0. The first-order valence-electron chi connectivity index (χ1n) is 7.99. The van der Waals surface area contributed by atoms with Crippen LogP contribution in [0.15, 0.2) is 36.7 Å². The standard InChI is InChI=1S/C18H25ClN4O.ClH/c1-18(2,9-13-6-5-7-15(19)8-13)12-21-17(24)16(20-3)14-10-22-23(4)11-14;/h5-8,10-11,16,20H,9,12H2,1-4H3,(H,21,24);1H. The van der Waals surface area contributed by atoms with Crippen molar-refractivity contribution in [1.82, 2.24) is 20.4 Å². The molecule has 0 fully saturated rings. The fraction of sp³-hybridized carbons (Fsp3) is 0.444. The van der Waals surface area contributed by atoms with E-state index in [1.807, 2.05) is 31.4 Å². The molecule has 1 aromatic carbocycles. The second-order valence-electron chi connectivity index (χ2n) is 6.86. The molecule has 0 radical (unpaired) electrons. The highest BCUT2D eigenvalue weighted by Gasteiger charge is 2.24. The lowest BCUT2D eigenvalue weighted by Gasteiger charge is -2.26. The zero-order chi connectivity index (χ0) is 17.7. The second-order valence-corrected chi connectivity index (χ2v) is 7.29. The number of carbonyl (C=O) groups is 1. The van der Waals surface area contributed by atoms with Crippen LogP contribution in [0.2, 0.25) is 5.02 Å². The highest BCUT2D eigenvalue weighted by atomic mass is 35.5. The van der Waals surface area contributed by atoms with Gasteiger partial charge in [0.15, 0.2) is 0 Å². The Morgan fingerprint density at radius 3 is 2.68 bits per heavy atom. The number of aromatic nitrogens is 2. The number of hydrogen-bond acceptors (Lipinski definition) is 3. The Labute approximate surface area is 160 Å². The molecular formula is C18H26Cl2N4O. The summed E-state index contributed by atoms with van der Waals surface area (Å²) >= 11 is 6.05. The van der Waals surface area contributed by atoms with Crippen molar-refractivity contribution in [2.24, 2.45) is 12.5 Å². The summed E-state index contributed by atoms with van der Waals surface area (Å²) in [5, 5.41) is 10.9. The molecule has 0 bridgehead atoms. The van der Waals surface area contributed by atoms with Crippen molar-refractivity contribution in [3.05, 3.63) is 52.8 Å². The van der Waals surface area contributed by atoms with Crippen LogP contribution >= 0.6 is 24.0 Å². The normalized spacial score (nSPS) is 12.4. The molecule has 0 saturated carbocycles. The third-order valence-corrected chi connectivity index (χ3v) is 4.16. The van der Waals surface area contributed by atoms with Crippen molar-refractivity contribution >= 4 is 29.9 Å². The fourth-order valence-electron chi connectivity index (χ4n) is 2.73. The van der Waals surface area contributed by atoms with Gasteiger partial charge in [-0.15, -0.1) is 12.4 Å². The van der Waals surface area contributed by atoms with E-state index in [-0.39, 0.29) is 23.7 Å². The van der Waals surface area contributed by atoms with E-state index < -0.39 is 6.04 Å². The van der Waals surface area contributed by atoms with Crippen LogP contribution in [0, 0.1) is 5.41 Å². The lowest BCUT2D eigenvalue weighted by atomic mass is 9.85. The zero-order valence-corrected chi connectivity index (χ0v) is 16.6. The maximum absolute atomic E-state index is 12.5. The molecule has 1 unspecified atom stereocenters.